The lowest BCUT2D eigenvalue weighted by molar-refractivity contribution is -0.121. The zero-order chi connectivity index (χ0) is 18.2. The van der Waals surface area contributed by atoms with E-state index in [-0.39, 0.29) is 18.4 Å². The van der Waals surface area contributed by atoms with Crippen LogP contribution in [0.1, 0.15) is 17.7 Å². The van der Waals surface area contributed by atoms with Crippen molar-refractivity contribution in [3.05, 3.63) is 72.4 Å². The summed E-state index contributed by atoms with van der Waals surface area (Å²) in [5, 5.41) is 9.70. The largest absolute Gasteiger partial charge is 0.469 e. The van der Waals surface area contributed by atoms with E-state index in [2.05, 4.69) is 15.7 Å². The average Bonchev–Trinajstić information content (AvgIpc) is 3.32. The summed E-state index contributed by atoms with van der Waals surface area (Å²) in [4.78, 5) is 23.9. The Morgan fingerprint density at radius 1 is 1.12 bits per heavy atom. The number of carbonyl (C=O) groups excluding carboxylic acids is 2. The van der Waals surface area contributed by atoms with Crippen LogP contribution >= 0.6 is 0 Å². The van der Waals surface area contributed by atoms with E-state index in [1.807, 2.05) is 30.3 Å². The summed E-state index contributed by atoms with van der Waals surface area (Å²) in [6, 6.07) is 12.8. The summed E-state index contributed by atoms with van der Waals surface area (Å²) in [6.45, 7) is 0.556. The van der Waals surface area contributed by atoms with Gasteiger partial charge in [0, 0.05) is 37.5 Å². The first kappa shape index (κ1) is 17.5. The fourth-order valence-electron chi connectivity index (χ4n) is 2.48. The van der Waals surface area contributed by atoms with Crippen molar-refractivity contribution in [1.82, 2.24) is 15.1 Å². The quantitative estimate of drug-likeness (QED) is 0.651. The monoisotopic (exact) mass is 352 g/mol. The number of anilines is 1. The number of carbonyl (C=O) groups is 2. The van der Waals surface area contributed by atoms with Gasteiger partial charge in [0.05, 0.1) is 6.26 Å². The maximum atomic E-state index is 12.0. The summed E-state index contributed by atoms with van der Waals surface area (Å²) < 4.78 is 6.76. The molecule has 134 valence electrons. The second-order valence-corrected chi connectivity index (χ2v) is 5.81. The maximum Gasteiger partial charge on any atom is 0.246 e. The number of benzene rings is 1. The molecule has 2 heterocycles. The summed E-state index contributed by atoms with van der Waals surface area (Å²) in [7, 11) is 0. The van der Waals surface area contributed by atoms with Crippen LogP contribution < -0.4 is 10.6 Å². The molecule has 26 heavy (non-hydrogen) atoms. The molecule has 2 N–H and O–H groups in total. The van der Waals surface area contributed by atoms with Crippen LogP contribution in [0.15, 0.2) is 65.5 Å². The van der Waals surface area contributed by atoms with Gasteiger partial charge in [-0.1, -0.05) is 12.1 Å². The first-order valence-electron chi connectivity index (χ1n) is 8.34. The van der Waals surface area contributed by atoms with Gasteiger partial charge in [0.25, 0.3) is 0 Å². The second kappa shape index (κ2) is 8.66. The Labute approximate surface area is 151 Å². The van der Waals surface area contributed by atoms with E-state index in [9.17, 15) is 9.59 Å². The summed E-state index contributed by atoms with van der Waals surface area (Å²) >= 11 is 0. The lowest BCUT2D eigenvalue weighted by Crippen LogP contribution is -2.23. The van der Waals surface area contributed by atoms with E-state index in [0.717, 1.165) is 11.3 Å². The van der Waals surface area contributed by atoms with E-state index >= 15 is 0 Å². The van der Waals surface area contributed by atoms with Crippen molar-refractivity contribution in [3.63, 3.8) is 0 Å². The maximum absolute atomic E-state index is 12.0. The molecule has 7 heteroatoms. The van der Waals surface area contributed by atoms with Crippen molar-refractivity contribution in [2.24, 2.45) is 0 Å². The molecule has 0 aliphatic carbocycles. The van der Waals surface area contributed by atoms with Gasteiger partial charge >= 0.3 is 0 Å². The van der Waals surface area contributed by atoms with Crippen LogP contribution in [0, 0.1) is 0 Å². The zero-order valence-corrected chi connectivity index (χ0v) is 14.2. The number of aromatic nitrogens is 2. The Kier molecular flexibility index (Phi) is 5.82. The van der Waals surface area contributed by atoms with Crippen LogP contribution in [0.2, 0.25) is 0 Å². The third-order valence-corrected chi connectivity index (χ3v) is 3.74. The fraction of sp³-hybridized carbons (Fsp3) is 0.211. The standard InChI is InChI=1S/C19H20N4O3/c24-18(8-7-17-6-2-11-26-17)20-13-15-4-1-5-16(12-15)22-19(25)14-23-10-3-9-21-23/h1-6,9-12H,7-8,13-14H2,(H,20,24)(H,22,25). The number of hydrogen-bond donors (Lipinski definition) is 2. The molecule has 2 amide bonds. The number of nitrogens with zero attached hydrogens (tertiary/aromatic N) is 2. The molecule has 2 aromatic heterocycles. The van der Waals surface area contributed by atoms with Gasteiger partial charge in [0.1, 0.15) is 12.3 Å². The molecule has 0 radical (unpaired) electrons. The molecular formula is C19H20N4O3. The van der Waals surface area contributed by atoms with Crippen LogP contribution in [0.4, 0.5) is 5.69 Å². The molecule has 0 bridgehead atoms. The van der Waals surface area contributed by atoms with Crippen LogP contribution in [0.5, 0.6) is 0 Å². The number of nitrogens with one attached hydrogen (secondary N) is 2. The molecule has 0 atom stereocenters. The lowest BCUT2D eigenvalue weighted by Gasteiger charge is -2.09. The van der Waals surface area contributed by atoms with E-state index < -0.39 is 0 Å². The predicted molar refractivity (Wildman–Crippen MR) is 96.2 cm³/mol. The lowest BCUT2D eigenvalue weighted by atomic mass is 10.2. The van der Waals surface area contributed by atoms with Crippen LogP contribution in [0.3, 0.4) is 0 Å². The SMILES string of the molecule is O=C(CCc1ccco1)NCc1cccc(NC(=O)Cn2cccn2)c1. The minimum absolute atomic E-state index is 0.0467. The summed E-state index contributed by atoms with van der Waals surface area (Å²) in [5.74, 6) is 0.588. The van der Waals surface area contributed by atoms with E-state index in [1.165, 1.54) is 0 Å². The van der Waals surface area contributed by atoms with Gasteiger partial charge < -0.3 is 15.1 Å². The second-order valence-electron chi connectivity index (χ2n) is 5.81. The molecule has 0 aliphatic rings. The Balaban J connectivity index is 1.46. The van der Waals surface area contributed by atoms with Crippen molar-refractivity contribution in [3.8, 4) is 0 Å². The molecular weight excluding hydrogens is 332 g/mol. The van der Waals surface area contributed by atoms with Crippen LogP contribution in [-0.2, 0) is 29.1 Å². The Morgan fingerprint density at radius 2 is 2.04 bits per heavy atom. The zero-order valence-electron chi connectivity index (χ0n) is 14.2. The Morgan fingerprint density at radius 3 is 2.81 bits per heavy atom. The molecule has 3 rings (SSSR count). The van der Waals surface area contributed by atoms with Crippen molar-refractivity contribution >= 4 is 17.5 Å². The van der Waals surface area contributed by atoms with Gasteiger partial charge in [-0.15, -0.1) is 0 Å². The number of rotatable bonds is 8. The molecule has 0 fully saturated rings. The van der Waals surface area contributed by atoms with Crippen LogP contribution in [0.25, 0.3) is 0 Å². The smallest absolute Gasteiger partial charge is 0.246 e. The minimum atomic E-state index is -0.159. The summed E-state index contributed by atoms with van der Waals surface area (Å²) in [6.07, 6.45) is 5.90. The third kappa shape index (κ3) is 5.34. The highest BCUT2D eigenvalue weighted by Crippen LogP contribution is 2.11. The number of aryl methyl sites for hydroxylation is 1. The normalized spacial score (nSPS) is 10.5. The van der Waals surface area contributed by atoms with Crippen molar-refractivity contribution < 1.29 is 14.0 Å². The van der Waals surface area contributed by atoms with Gasteiger partial charge in [-0.05, 0) is 35.9 Å². The van der Waals surface area contributed by atoms with Crippen LogP contribution in [-0.4, -0.2) is 21.6 Å². The fourth-order valence-corrected chi connectivity index (χ4v) is 2.48. The van der Waals surface area contributed by atoms with E-state index in [4.69, 9.17) is 4.42 Å². The number of hydrogen-bond acceptors (Lipinski definition) is 4. The molecule has 1 aromatic carbocycles. The van der Waals surface area contributed by atoms with E-state index in [1.54, 1.807) is 35.5 Å². The highest BCUT2D eigenvalue weighted by atomic mass is 16.3. The molecule has 0 spiro atoms. The molecule has 0 unspecified atom stereocenters. The van der Waals surface area contributed by atoms with Crippen molar-refractivity contribution in [2.75, 3.05) is 5.32 Å². The topological polar surface area (TPSA) is 89.2 Å². The van der Waals surface area contributed by atoms with Gasteiger partial charge in [0.2, 0.25) is 11.8 Å². The Hall–Kier alpha value is -3.35. The molecule has 0 saturated carbocycles. The molecule has 7 nitrogen and oxygen atoms in total. The van der Waals surface area contributed by atoms with Gasteiger partial charge in [-0.25, -0.2) is 0 Å². The molecule has 0 saturated heterocycles. The van der Waals surface area contributed by atoms with Gasteiger partial charge in [-0.2, -0.15) is 5.10 Å². The molecule has 0 aliphatic heterocycles. The minimum Gasteiger partial charge on any atom is -0.469 e. The first-order chi connectivity index (χ1) is 12.7. The molecule has 3 aromatic rings. The number of amides is 2. The van der Waals surface area contributed by atoms with Crippen molar-refractivity contribution in [2.45, 2.75) is 25.9 Å². The third-order valence-electron chi connectivity index (χ3n) is 3.74. The van der Waals surface area contributed by atoms with E-state index in [0.29, 0.717) is 25.1 Å². The predicted octanol–water partition coefficient (Wildman–Crippen LogP) is 2.36. The average molecular weight is 352 g/mol. The van der Waals surface area contributed by atoms with Gasteiger partial charge in [0.15, 0.2) is 0 Å². The van der Waals surface area contributed by atoms with Gasteiger partial charge in [-0.3, -0.25) is 14.3 Å². The summed E-state index contributed by atoms with van der Waals surface area (Å²) in [5.41, 5.74) is 1.60. The Bertz CT molecular complexity index is 842. The first-order valence-corrected chi connectivity index (χ1v) is 8.34. The number of furan rings is 1. The van der Waals surface area contributed by atoms with Crippen molar-refractivity contribution in [1.29, 1.82) is 0 Å². The highest BCUT2D eigenvalue weighted by Gasteiger charge is 2.06. The highest BCUT2D eigenvalue weighted by molar-refractivity contribution is 5.90.